The van der Waals surface area contributed by atoms with Crippen LogP contribution >= 0.6 is 0 Å². The largest absolute Gasteiger partial charge is 0.437 e. The van der Waals surface area contributed by atoms with Crippen LogP contribution in [-0.2, 0) is 4.79 Å². The van der Waals surface area contributed by atoms with E-state index in [4.69, 9.17) is 5.26 Å². The fourth-order valence-electron chi connectivity index (χ4n) is 2.57. The summed E-state index contributed by atoms with van der Waals surface area (Å²) in [6.07, 6.45) is -5.24. The second kappa shape index (κ2) is 5.55. The van der Waals surface area contributed by atoms with Crippen molar-refractivity contribution >= 4 is 11.8 Å². The zero-order valence-corrected chi connectivity index (χ0v) is 11.8. The molecule has 0 spiro atoms. The minimum atomic E-state index is -5.24. The number of aliphatic hydroxyl groups is 1. The quantitative estimate of drug-likeness (QED) is 0.763. The third-order valence-electron chi connectivity index (χ3n) is 3.64. The lowest BCUT2D eigenvalue weighted by atomic mass is 9.79. The highest BCUT2D eigenvalue weighted by Gasteiger charge is 2.65. The number of halogens is 3. The van der Waals surface area contributed by atoms with Crippen LogP contribution in [0.3, 0.4) is 0 Å². The number of nitrogens with one attached hydrogen (secondary N) is 2. The summed E-state index contributed by atoms with van der Waals surface area (Å²) < 4.78 is 39.7. The van der Waals surface area contributed by atoms with Crippen molar-refractivity contribution in [2.75, 3.05) is 0 Å². The van der Waals surface area contributed by atoms with Crippen molar-refractivity contribution in [3.8, 4) is 6.07 Å². The summed E-state index contributed by atoms with van der Waals surface area (Å²) in [5.74, 6) is -2.93. The number of carbonyl (C=O) groups excluding carboxylic acids is 2. The van der Waals surface area contributed by atoms with E-state index in [1.165, 1.54) is 29.6 Å². The zero-order valence-electron chi connectivity index (χ0n) is 11.8. The van der Waals surface area contributed by atoms with Crippen molar-refractivity contribution in [3.05, 3.63) is 35.4 Å². The minimum Gasteiger partial charge on any atom is -0.363 e. The fraction of sp³-hybridized carbons (Fsp3) is 0.357. The lowest BCUT2D eigenvalue weighted by Gasteiger charge is -2.44. The second-order valence-electron chi connectivity index (χ2n) is 5.16. The first kappa shape index (κ1) is 16.8. The lowest BCUT2D eigenvalue weighted by Crippen LogP contribution is -2.72. The summed E-state index contributed by atoms with van der Waals surface area (Å²) in [7, 11) is 0. The molecule has 1 aromatic carbocycles. The van der Waals surface area contributed by atoms with Gasteiger partial charge in [-0.2, -0.15) is 18.4 Å². The van der Waals surface area contributed by atoms with Crippen LogP contribution in [-0.4, -0.2) is 28.8 Å². The summed E-state index contributed by atoms with van der Waals surface area (Å²) in [6, 6.07) is 4.53. The van der Waals surface area contributed by atoms with Crippen LogP contribution in [0.25, 0.3) is 0 Å². The van der Waals surface area contributed by atoms with Crippen molar-refractivity contribution in [2.24, 2.45) is 5.92 Å². The number of ketones is 1. The number of Topliss-reactive ketones (excluding diaryl/α,β-unsaturated/α-hetero) is 1. The van der Waals surface area contributed by atoms with Gasteiger partial charge in [-0.3, -0.25) is 4.79 Å². The fourth-order valence-corrected chi connectivity index (χ4v) is 2.57. The first-order valence-corrected chi connectivity index (χ1v) is 6.48. The van der Waals surface area contributed by atoms with Gasteiger partial charge >= 0.3 is 12.2 Å². The minimum absolute atomic E-state index is 0.168. The Hall–Kier alpha value is -2.60. The molecule has 1 aliphatic heterocycles. The maximum atomic E-state index is 13.2. The molecule has 0 aliphatic carbocycles. The van der Waals surface area contributed by atoms with Gasteiger partial charge in [-0.15, -0.1) is 0 Å². The first-order valence-electron chi connectivity index (χ1n) is 6.48. The molecule has 1 heterocycles. The number of carbonyl (C=O) groups is 2. The van der Waals surface area contributed by atoms with Gasteiger partial charge in [0.25, 0.3) is 0 Å². The molecule has 122 valence electrons. The molecule has 1 saturated heterocycles. The topological polar surface area (TPSA) is 102 Å². The molecule has 1 aromatic rings. The number of nitriles is 1. The van der Waals surface area contributed by atoms with Crippen LogP contribution in [0.5, 0.6) is 0 Å². The van der Waals surface area contributed by atoms with Gasteiger partial charge in [-0.1, -0.05) is 12.1 Å². The van der Waals surface area contributed by atoms with E-state index in [-0.39, 0.29) is 11.1 Å². The molecule has 1 fully saturated rings. The van der Waals surface area contributed by atoms with Crippen molar-refractivity contribution in [3.63, 3.8) is 0 Å². The molecule has 1 aliphatic rings. The highest BCUT2D eigenvalue weighted by Crippen LogP contribution is 2.42. The van der Waals surface area contributed by atoms with Crippen molar-refractivity contribution in [1.82, 2.24) is 10.6 Å². The van der Waals surface area contributed by atoms with E-state index in [1.807, 2.05) is 6.07 Å². The molecule has 0 bridgehead atoms. The van der Waals surface area contributed by atoms with Gasteiger partial charge in [0.1, 0.15) is 5.78 Å². The number of rotatable bonds is 2. The molecule has 9 heteroatoms. The van der Waals surface area contributed by atoms with Gasteiger partial charge in [-0.05, 0) is 24.6 Å². The monoisotopic (exact) mass is 327 g/mol. The molecule has 0 aromatic heterocycles. The second-order valence-corrected chi connectivity index (χ2v) is 5.16. The third kappa shape index (κ3) is 2.85. The van der Waals surface area contributed by atoms with E-state index in [1.54, 1.807) is 0 Å². The van der Waals surface area contributed by atoms with Crippen LogP contribution < -0.4 is 10.6 Å². The highest BCUT2D eigenvalue weighted by atomic mass is 19.4. The molecule has 6 nitrogen and oxygen atoms in total. The molecule has 3 N–H and O–H groups in total. The van der Waals surface area contributed by atoms with Gasteiger partial charge in [0.05, 0.1) is 23.6 Å². The van der Waals surface area contributed by atoms with Crippen LogP contribution in [0.4, 0.5) is 18.0 Å². The molecule has 23 heavy (non-hydrogen) atoms. The van der Waals surface area contributed by atoms with Crippen LogP contribution in [0.15, 0.2) is 24.3 Å². The average molecular weight is 327 g/mol. The van der Waals surface area contributed by atoms with Crippen molar-refractivity contribution in [2.45, 2.75) is 24.9 Å². The molecule has 0 saturated carbocycles. The predicted octanol–water partition coefficient (Wildman–Crippen LogP) is 1.37. The predicted molar refractivity (Wildman–Crippen MR) is 70.7 cm³/mol. The lowest BCUT2D eigenvalue weighted by molar-refractivity contribution is -0.290. The molecular formula is C14H12F3N3O3. The van der Waals surface area contributed by atoms with Gasteiger partial charge in [-0.25, -0.2) is 4.79 Å². The molecule has 2 amide bonds. The smallest absolute Gasteiger partial charge is 0.363 e. The standard InChI is InChI=1S/C14H12F3N3O3/c1-7(21)10-11(9-4-2-8(6-18)3-5-9)19-12(22)20-13(10,23)14(15,16)17/h2-5,10-11,23H,1H3,(H2,19,20,22)/t10-,11-,13-/m0/s1. The SMILES string of the molecule is CC(=O)[C@H]1[C@H](c2ccc(C#N)cc2)NC(=O)N[C@@]1(O)C(F)(F)F. The molecule has 2 rings (SSSR count). The Morgan fingerprint density at radius 1 is 1.35 bits per heavy atom. The van der Waals surface area contributed by atoms with Gasteiger partial charge in [0.2, 0.25) is 5.72 Å². The maximum Gasteiger partial charge on any atom is 0.437 e. The number of amides is 2. The van der Waals surface area contributed by atoms with E-state index in [9.17, 15) is 27.9 Å². The Labute approximate surface area is 128 Å². The molecule has 3 atom stereocenters. The Morgan fingerprint density at radius 3 is 2.35 bits per heavy atom. The number of hydrogen-bond donors (Lipinski definition) is 3. The van der Waals surface area contributed by atoms with Crippen molar-refractivity contribution < 1.29 is 27.9 Å². The van der Waals surface area contributed by atoms with E-state index in [0.717, 1.165) is 6.92 Å². The Balaban J connectivity index is 2.53. The van der Waals surface area contributed by atoms with Crippen LogP contribution in [0.1, 0.15) is 24.1 Å². The Kier molecular flexibility index (Phi) is 4.05. The summed E-state index contributed by atoms with van der Waals surface area (Å²) in [6.45, 7) is 0.900. The Bertz CT molecular complexity index is 681. The molecule has 0 unspecified atom stereocenters. The number of nitrogens with zero attached hydrogens (tertiary/aromatic N) is 1. The average Bonchev–Trinajstić information content (AvgIpc) is 2.45. The highest BCUT2D eigenvalue weighted by molar-refractivity contribution is 5.86. The van der Waals surface area contributed by atoms with E-state index in [2.05, 4.69) is 5.32 Å². The number of alkyl halides is 3. The van der Waals surface area contributed by atoms with Crippen LogP contribution in [0, 0.1) is 17.2 Å². The Morgan fingerprint density at radius 2 is 1.91 bits per heavy atom. The van der Waals surface area contributed by atoms with Gasteiger partial charge in [0, 0.05) is 0 Å². The summed E-state index contributed by atoms with van der Waals surface area (Å²) in [5.41, 5.74) is -3.25. The summed E-state index contributed by atoms with van der Waals surface area (Å²) >= 11 is 0. The van der Waals surface area contributed by atoms with Crippen LogP contribution in [0.2, 0.25) is 0 Å². The van der Waals surface area contributed by atoms with Gasteiger partial charge < -0.3 is 15.7 Å². The zero-order chi connectivity index (χ0) is 17.4. The first-order chi connectivity index (χ1) is 10.6. The van der Waals surface area contributed by atoms with Gasteiger partial charge in [0.15, 0.2) is 0 Å². The maximum absolute atomic E-state index is 13.2. The normalized spacial score (nSPS) is 27.6. The third-order valence-corrected chi connectivity index (χ3v) is 3.64. The van der Waals surface area contributed by atoms with Crippen molar-refractivity contribution in [1.29, 1.82) is 5.26 Å². The van der Waals surface area contributed by atoms with E-state index < -0.39 is 35.7 Å². The van der Waals surface area contributed by atoms with E-state index in [0.29, 0.717) is 0 Å². The number of benzene rings is 1. The molecular weight excluding hydrogens is 315 g/mol. The van der Waals surface area contributed by atoms with E-state index >= 15 is 0 Å². The number of urea groups is 1. The number of hydrogen-bond acceptors (Lipinski definition) is 4. The molecule has 0 radical (unpaired) electrons. The summed E-state index contributed by atoms with van der Waals surface area (Å²) in [5, 5.41) is 22.3. The summed E-state index contributed by atoms with van der Waals surface area (Å²) in [4.78, 5) is 23.3.